The summed E-state index contributed by atoms with van der Waals surface area (Å²) in [5.74, 6) is -0.0324. The molecule has 0 unspecified atom stereocenters. The Labute approximate surface area is 86.9 Å². The highest BCUT2D eigenvalue weighted by Gasteiger charge is 2.13. The topological polar surface area (TPSA) is 55.1 Å². The van der Waals surface area contributed by atoms with Crippen LogP contribution in [0.15, 0.2) is 41.1 Å². The standard InChI is InChI=1S/C11H10N2O2/c1-8-10(15-7-12-8)11(14)13-9-5-3-2-4-6-9/h2-7H,1H3,(H,13,14). The van der Waals surface area contributed by atoms with Crippen LogP contribution in [0.3, 0.4) is 0 Å². The van der Waals surface area contributed by atoms with Gasteiger partial charge in [-0.05, 0) is 19.1 Å². The maximum absolute atomic E-state index is 11.7. The average Bonchev–Trinajstić information content (AvgIpc) is 2.66. The zero-order valence-electron chi connectivity index (χ0n) is 8.23. The van der Waals surface area contributed by atoms with E-state index in [1.165, 1.54) is 6.39 Å². The first-order chi connectivity index (χ1) is 7.27. The lowest BCUT2D eigenvalue weighted by molar-refractivity contribution is 0.0996. The Morgan fingerprint density at radius 3 is 2.67 bits per heavy atom. The van der Waals surface area contributed by atoms with Crippen molar-refractivity contribution in [2.45, 2.75) is 6.92 Å². The number of oxazole rings is 1. The Morgan fingerprint density at radius 2 is 2.07 bits per heavy atom. The molecule has 0 aliphatic carbocycles. The maximum atomic E-state index is 11.7. The van der Waals surface area contributed by atoms with Crippen LogP contribution in [0, 0.1) is 6.92 Å². The van der Waals surface area contributed by atoms with Crippen molar-refractivity contribution in [3.05, 3.63) is 48.2 Å². The van der Waals surface area contributed by atoms with Gasteiger partial charge in [-0.1, -0.05) is 18.2 Å². The number of aryl methyl sites for hydroxylation is 1. The van der Waals surface area contributed by atoms with Crippen molar-refractivity contribution in [2.75, 3.05) is 5.32 Å². The number of nitrogens with one attached hydrogen (secondary N) is 1. The van der Waals surface area contributed by atoms with Crippen molar-refractivity contribution in [1.82, 2.24) is 4.98 Å². The van der Waals surface area contributed by atoms with Crippen LogP contribution in [0.4, 0.5) is 5.69 Å². The van der Waals surface area contributed by atoms with Gasteiger partial charge in [-0.25, -0.2) is 4.98 Å². The second kappa shape index (κ2) is 3.96. The number of anilines is 1. The number of amides is 1. The fourth-order valence-electron chi connectivity index (χ4n) is 1.23. The lowest BCUT2D eigenvalue weighted by atomic mass is 10.3. The summed E-state index contributed by atoms with van der Waals surface area (Å²) in [7, 11) is 0. The summed E-state index contributed by atoms with van der Waals surface area (Å²) < 4.78 is 4.98. The molecule has 0 radical (unpaired) electrons. The van der Waals surface area contributed by atoms with Crippen LogP contribution in [-0.4, -0.2) is 10.9 Å². The Bertz CT molecular complexity index is 462. The van der Waals surface area contributed by atoms with Gasteiger partial charge in [0.15, 0.2) is 6.39 Å². The molecule has 0 atom stereocenters. The summed E-state index contributed by atoms with van der Waals surface area (Å²) in [6.07, 6.45) is 1.26. The van der Waals surface area contributed by atoms with Crippen molar-refractivity contribution in [2.24, 2.45) is 0 Å². The minimum absolute atomic E-state index is 0.249. The van der Waals surface area contributed by atoms with Gasteiger partial charge in [0.25, 0.3) is 5.91 Å². The zero-order chi connectivity index (χ0) is 10.7. The van der Waals surface area contributed by atoms with Crippen molar-refractivity contribution in [1.29, 1.82) is 0 Å². The Morgan fingerprint density at radius 1 is 1.33 bits per heavy atom. The largest absolute Gasteiger partial charge is 0.438 e. The predicted octanol–water partition coefficient (Wildman–Crippen LogP) is 2.24. The molecular formula is C11H10N2O2. The van der Waals surface area contributed by atoms with Crippen molar-refractivity contribution in [3.8, 4) is 0 Å². The summed E-state index contributed by atoms with van der Waals surface area (Å²) in [4.78, 5) is 15.5. The first-order valence-corrected chi connectivity index (χ1v) is 4.54. The van der Waals surface area contributed by atoms with E-state index in [4.69, 9.17) is 4.42 Å². The molecule has 4 nitrogen and oxygen atoms in total. The lowest BCUT2D eigenvalue weighted by Gasteiger charge is -2.01. The molecule has 1 heterocycles. The molecule has 2 aromatic rings. The van der Waals surface area contributed by atoms with Gasteiger partial charge in [0.1, 0.15) is 0 Å². The van der Waals surface area contributed by atoms with Gasteiger partial charge in [-0.15, -0.1) is 0 Å². The molecule has 1 amide bonds. The summed E-state index contributed by atoms with van der Waals surface area (Å²) in [5.41, 5.74) is 1.32. The predicted molar refractivity (Wildman–Crippen MR) is 55.6 cm³/mol. The van der Waals surface area contributed by atoms with E-state index in [1.54, 1.807) is 6.92 Å². The van der Waals surface area contributed by atoms with Gasteiger partial charge in [0.05, 0.1) is 5.69 Å². The molecule has 2 rings (SSSR count). The maximum Gasteiger partial charge on any atom is 0.293 e. The van der Waals surface area contributed by atoms with E-state index in [0.717, 1.165) is 5.69 Å². The molecule has 0 saturated carbocycles. The van der Waals surface area contributed by atoms with Crippen LogP contribution in [0.1, 0.15) is 16.2 Å². The molecular weight excluding hydrogens is 192 g/mol. The number of rotatable bonds is 2. The first kappa shape index (κ1) is 9.45. The second-order valence-corrected chi connectivity index (χ2v) is 3.09. The zero-order valence-corrected chi connectivity index (χ0v) is 8.23. The SMILES string of the molecule is Cc1ncoc1C(=O)Nc1ccccc1. The number of hydrogen-bond acceptors (Lipinski definition) is 3. The van der Waals surface area contributed by atoms with E-state index < -0.39 is 0 Å². The van der Waals surface area contributed by atoms with Gasteiger partial charge in [0, 0.05) is 5.69 Å². The van der Waals surface area contributed by atoms with Crippen LogP contribution in [-0.2, 0) is 0 Å². The van der Waals surface area contributed by atoms with E-state index in [-0.39, 0.29) is 11.7 Å². The van der Waals surface area contributed by atoms with E-state index in [0.29, 0.717) is 5.69 Å². The molecule has 1 N–H and O–H groups in total. The van der Waals surface area contributed by atoms with E-state index in [1.807, 2.05) is 30.3 Å². The fraction of sp³-hybridized carbons (Fsp3) is 0.0909. The summed E-state index contributed by atoms with van der Waals surface area (Å²) in [5, 5.41) is 2.71. The summed E-state index contributed by atoms with van der Waals surface area (Å²) in [6, 6.07) is 9.20. The molecule has 0 spiro atoms. The third-order valence-corrected chi connectivity index (χ3v) is 1.98. The molecule has 1 aromatic heterocycles. The normalized spacial score (nSPS) is 9.93. The lowest BCUT2D eigenvalue weighted by Crippen LogP contribution is -2.12. The fourth-order valence-corrected chi connectivity index (χ4v) is 1.23. The Balaban J connectivity index is 2.15. The molecule has 0 aliphatic heterocycles. The highest BCUT2D eigenvalue weighted by atomic mass is 16.3. The molecule has 0 aliphatic rings. The van der Waals surface area contributed by atoms with Crippen molar-refractivity contribution < 1.29 is 9.21 Å². The van der Waals surface area contributed by atoms with Crippen LogP contribution in [0.5, 0.6) is 0 Å². The van der Waals surface area contributed by atoms with Crippen LogP contribution < -0.4 is 5.32 Å². The molecule has 1 aromatic carbocycles. The van der Waals surface area contributed by atoms with Gasteiger partial charge in [0.2, 0.25) is 5.76 Å². The number of aromatic nitrogens is 1. The highest BCUT2D eigenvalue weighted by Crippen LogP contribution is 2.10. The third-order valence-electron chi connectivity index (χ3n) is 1.98. The second-order valence-electron chi connectivity index (χ2n) is 3.09. The minimum Gasteiger partial charge on any atom is -0.438 e. The van der Waals surface area contributed by atoms with E-state index in [2.05, 4.69) is 10.3 Å². The molecule has 0 saturated heterocycles. The van der Waals surface area contributed by atoms with E-state index in [9.17, 15) is 4.79 Å². The number of nitrogens with zero attached hydrogens (tertiary/aromatic N) is 1. The van der Waals surface area contributed by atoms with Gasteiger partial charge >= 0.3 is 0 Å². The van der Waals surface area contributed by atoms with Gasteiger partial charge < -0.3 is 9.73 Å². The van der Waals surface area contributed by atoms with Gasteiger partial charge in [-0.3, -0.25) is 4.79 Å². The van der Waals surface area contributed by atoms with Crippen LogP contribution in [0.25, 0.3) is 0 Å². The molecule has 15 heavy (non-hydrogen) atoms. The highest BCUT2D eigenvalue weighted by molar-refractivity contribution is 6.02. The monoisotopic (exact) mass is 202 g/mol. The smallest absolute Gasteiger partial charge is 0.293 e. The average molecular weight is 202 g/mol. The molecule has 4 heteroatoms. The summed E-state index contributed by atoms with van der Waals surface area (Å²) >= 11 is 0. The first-order valence-electron chi connectivity index (χ1n) is 4.54. The minimum atomic E-state index is -0.281. The van der Waals surface area contributed by atoms with Crippen LogP contribution >= 0.6 is 0 Å². The van der Waals surface area contributed by atoms with Crippen molar-refractivity contribution >= 4 is 11.6 Å². The number of carbonyl (C=O) groups excluding carboxylic acids is 1. The quantitative estimate of drug-likeness (QED) is 0.812. The Kier molecular flexibility index (Phi) is 2.49. The molecule has 76 valence electrons. The van der Waals surface area contributed by atoms with Crippen LogP contribution in [0.2, 0.25) is 0 Å². The molecule has 0 bridgehead atoms. The third kappa shape index (κ3) is 2.04. The number of benzene rings is 1. The summed E-state index contributed by atoms with van der Waals surface area (Å²) in [6.45, 7) is 1.73. The number of hydrogen-bond donors (Lipinski definition) is 1. The van der Waals surface area contributed by atoms with E-state index >= 15 is 0 Å². The van der Waals surface area contributed by atoms with Gasteiger partial charge in [-0.2, -0.15) is 0 Å². The number of carbonyl (C=O) groups is 1. The molecule has 0 fully saturated rings. The Hall–Kier alpha value is -2.10. The number of para-hydroxylation sites is 1. The van der Waals surface area contributed by atoms with Crippen molar-refractivity contribution in [3.63, 3.8) is 0 Å².